The third-order valence-corrected chi connectivity index (χ3v) is 5.21. The normalized spacial score (nSPS) is 13.3. The molecule has 1 atom stereocenters. The number of sulfonamides is 1. The molecule has 0 fully saturated rings. The summed E-state index contributed by atoms with van der Waals surface area (Å²) < 4.78 is 32.4. The first-order chi connectivity index (χ1) is 9.94. The van der Waals surface area contributed by atoms with Gasteiger partial charge in [-0.05, 0) is 25.8 Å². The molecular weight excluding hydrogens is 312 g/mol. The molecule has 0 amide bonds. The van der Waals surface area contributed by atoms with Gasteiger partial charge in [0.1, 0.15) is 10.6 Å². The maximum atomic E-state index is 12.4. The van der Waals surface area contributed by atoms with Crippen molar-refractivity contribution in [2.24, 2.45) is 0 Å². The topological polar surface area (TPSA) is 72.2 Å². The van der Waals surface area contributed by atoms with Gasteiger partial charge in [0.15, 0.2) is 5.76 Å². The van der Waals surface area contributed by atoms with Gasteiger partial charge in [0.2, 0.25) is 10.0 Å². The van der Waals surface area contributed by atoms with E-state index in [0.717, 1.165) is 5.56 Å². The summed E-state index contributed by atoms with van der Waals surface area (Å²) >= 11 is 5.90. The molecule has 1 heterocycles. The number of aromatic nitrogens is 1. The number of hydrogen-bond donors (Lipinski definition) is 1. The molecular formula is C14H17ClN2O3S. The number of rotatable bonds is 6. The third kappa shape index (κ3) is 3.84. The molecule has 0 saturated carbocycles. The van der Waals surface area contributed by atoms with Crippen LogP contribution in [0.2, 0.25) is 0 Å². The third-order valence-electron chi connectivity index (χ3n) is 3.07. The molecule has 21 heavy (non-hydrogen) atoms. The van der Waals surface area contributed by atoms with Crippen LogP contribution in [0.1, 0.15) is 17.0 Å². The van der Waals surface area contributed by atoms with E-state index in [-0.39, 0.29) is 16.5 Å². The highest BCUT2D eigenvalue weighted by atomic mass is 35.5. The summed E-state index contributed by atoms with van der Waals surface area (Å²) in [5.41, 5.74) is 1.36. The van der Waals surface area contributed by atoms with Crippen LogP contribution in [0.5, 0.6) is 0 Å². The van der Waals surface area contributed by atoms with Crippen molar-refractivity contribution in [1.29, 1.82) is 0 Å². The van der Waals surface area contributed by atoms with Gasteiger partial charge < -0.3 is 4.52 Å². The van der Waals surface area contributed by atoms with Crippen molar-refractivity contribution in [3.63, 3.8) is 0 Å². The van der Waals surface area contributed by atoms with Crippen molar-refractivity contribution in [2.45, 2.75) is 31.2 Å². The minimum Gasteiger partial charge on any atom is -0.360 e. The summed E-state index contributed by atoms with van der Waals surface area (Å²) in [4.78, 5) is 0.0886. The van der Waals surface area contributed by atoms with Crippen molar-refractivity contribution in [1.82, 2.24) is 9.88 Å². The van der Waals surface area contributed by atoms with Crippen LogP contribution < -0.4 is 4.72 Å². The summed E-state index contributed by atoms with van der Waals surface area (Å²) in [6.45, 7) is 3.17. The number of aryl methyl sites for hydroxylation is 2. The van der Waals surface area contributed by atoms with Gasteiger partial charge in [0, 0.05) is 11.9 Å². The van der Waals surface area contributed by atoms with E-state index >= 15 is 0 Å². The first-order valence-corrected chi connectivity index (χ1v) is 8.51. The number of halogens is 1. The number of nitrogens with one attached hydrogen (secondary N) is 1. The van der Waals surface area contributed by atoms with E-state index in [0.29, 0.717) is 12.1 Å². The summed E-state index contributed by atoms with van der Waals surface area (Å²) in [5.74, 6) is 0.449. The largest absolute Gasteiger partial charge is 0.360 e. The second-order valence-electron chi connectivity index (χ2n) is 4.82. The Morgan fingerprint density at radius 3 is 2.48 bits per heavy atom. The van der Waals surface area contributed by atoms with Gasteiger partial charge in [0.05, 0.1) is 0 Å². The molecule has 7 heteroatoms. The standard InChI is InChI=1S/C14H17ClN2O3S/c1-10-14(11(2)20-16-10)21(18,19)17-13(9-15)8-12-6-4-3-5-7-12/h3-7,13,17H,8-9H2,1-2H3. The van der Waals surface area contributed by atoms with Crippen molar-refractivity contribution in [3.8, 4) is 0 Å². The molecule has 5 nitrogen and oxygen atoms in total. The highest BCUT2D eigenvalue weighted by molar-refractivity contribution is 7.89. The number of benzene rings is 1. The zero-order valence-electron chi connectivity index (χ0n) is 11.8. The first-order valence-electron chi connectivity index (χ1n) is 6.49. The van der Waals surface area contributed by atoms with Crippen LogP contribution in [0.25, 0.3) is 0 Å². The molecule has 0 saturated heterocycles. The fourth-order valence-corrected chi connectivity index (χ4v) is 4.01. The minimum atomic E-state index is -3.70. The lowest BCUT2D eigenvalue weighted by molar-refractivity contribution is 0.390. The van der Waals surface area contributed by atoms with Gasteiger partial charge in [-0.15, -0.1) is 11.6 Å². The summed E-state index contributed by atoms with van der Waals surface area (Å²) in [5, 5.41) is 3.67. The summed E-state index contributed by atoms with van der Waals surface area (Å²) in [6, 6.07) is 9.20. The van der Waals surface area contributed by atoms with E-state index in [9.17, 15) is 8.42 Å². The molecule has 1 aromatic carbocycles. The van der Waals surface area contributed by atoms with Crippen LogP contribution >= 0.6 is 11.6 Å². The molecule has 0 aliphatic heterocycles. The Labute approximate surface area is 129 Å². The average Bonchev–Trinajstić information content (AvgIpc) is 2.79. The molecule has 0 aliphatic rings. The maximum absolute atomic E-state index is 12.4. The molecule has 0 aliphatic carbocycles. The molecule has 0 bridgehead atoms. The predicted octanol–water partition coefficient (Wildman–Crippen LogP) is 2.42. The molecule has 1 unspecified atom stereocenters. The van der Waals surface area contributed by atoms with Crippen LogP contribution in [-0.4, -0.2) is 25.5 Å². The SMILES string of the molecule is Cc1noc(C)c1S(=O)(=O)NC(CCl)Cc1ccccc1. The van der Waals surface area contributed by atoms with E-state index in [1.54, 1.807) is 13.8 Å². The van der Waals surface area contributed by atoms with Crippen LogP contribution in [0.4, 0.5) is 0 Å². The Morgan fingerprint density at radius 1 is 1.29 bits per heavy atom. The van der Waals surface area contributed by atoms with Crippen molar-refractivity contribution < 1.29 is 12.9 Å². The number of hydrogen-bond acceptors (Lipinski definition) is 4. The van der Waals surface area contributed by atoms with Crippen molar-refractivity contribution >= 4 is 21.6 Å². The Kier molecular flexibility index (Phi) is 5.03. The van der Waals surface area contributed by atoms with Gasteiger partial charge in [-0.3, -0.25) is 0 Å². The molecule has 0 radical (unpaired) electrons. The van der Waals surface area contributed by atoms with E-state index in [2.05, 4.69) is 9.88 Å². The van der Waals surface area contributed by atoms with Crippen LogP contribution in [0.3, 0.4) is 0 Å². The van der Waals surface area contributed by atoms with Gasteiger partial charge in [-0.25, -0.2) is 13.1 Å². The van der Waals surface area contributed by atoms with Crippen molar-refractivity contribution in [3.05, 3.63) is 47.3 Å². The van der Waals surface area contributed by atoms with Crippen LogP contribution in [0, 0.1) is 13.8 Å². The Hall–Kier alpha value is -1.37. The average molecular weight is 329 g/mol. The maximum Gasteiger partial charge on any atom is 0.246 e. The van der Waals surface area contributed by atoms with Gasteiger partial charge in [-0.2, -0.15) is 0 Å². The molecule has 2 aromatic rings. The fourth-order valence-electron chi connectivity index (χ4n) is 2.16. The number of nitrogens with zero attached hydrogens (tertiary/aromatic N) is 1. The van der Waals surface area contributed by atoms with Gasteiger partial charge in [-0.1, -0.05) is 35.5 Å². The van der Waals surface area contributed by atoms with E-state index in [1.807, 2.05) is 30.3 Å². The molecule has 2 rings (SSSR count). The smallest absolute Gasteiger partial charge is 0.246 e. The lowest BCUT2D eigenvalue weighted by atomic mass is 10.1. The second-order valence-corrected chi connectivity index (χ2v) is 6.77. The fraction of sp³-hybridized carbons (Fsp3) is 0.357. The van der Waals surface area contributed by atoms with Gasteiger partial charge in [0.25, 0.3) is 0 Å². The quantitative estimate of drug-likeness (QED) is 0.827. The summed E-state index contributed by atoms with van der Waals surface area (Å²) in [7, 11) is -3.70. The van der Waals surface area contributed by atoms with Crippen LogP contribution in [-0.2, 0) is 16.4 Å². The molecule has 114 valence electrons. The molecule has 1 N–H and O–H groups in total. The summed E-state index contributed by atoms with van der Waals surface area (Å²) in [6.07, 6.45) is 0.521. The second kappa shape index (κ2) is 6.60. The lowest BCUT2D eigenvalue weighted by Gasteiger charge is -2.16. The van der Waals surface area contributed by atoms with Crippen LogP contribution in [0.15, 0.2) is 39.8 Å². The van der Waals surface area contributed by atoms with Gasteiger partial charge >= 0.3 is 0 Å². The Morgan fingerprint density at radius 2 is 1.95 bits per heavy atom. The van der Waals surface area contributed by atoms with E-state index < -0.39 is 16.1 Å². The minimum absolute atomic E-state index is 0.0886. The predicted molar refractivity (Wildman–Crippen MR) is 81.0 cm³/mol. The Balaban J connectivity index is 2.18. The monoisotopic (exact) mass is 328 g/mol. The number of alkyl halides is 1. The highest BCUT2D eigenvalue weighted by Crippen LogP contribution is 2.19. The molecule has 1 aromatic heterocycles. The van der Waals surface area contributed by atoms with Crippen molar-refractivity contribution in [2.75, 3.05) is 5.88 Å². The first kappa shape index (κ1) is 16.0. The van der Waals surface area contributed by atoms with E-state index in [1.165, 1.54) is 0 Å². The zero-order valence-corrected chi connectivity index (χ0v) is 13.4. The van der Waals surface area contributed by atoms with E-state index in [4.69, 9.17) is 16.1 Å². The lowest BCUT2D eigenvalue weighted by Crippen LogP contribution is -2.38. The highest BCUT2D eigenvalue weighted by Gasteiger charge is 2.26. The Bertz CT molecular complexity index is 679. The zero-order chi connectivity index (χ0) is 15.5. The molecule has 0 spiro atoms.